The van der Waals surface area contributed by atoms with Gasteiger partial charge in [-0.05, 0) is 51.5 Å². The Labute approximate surface area is 155 Å². The zero-order valence-corrected chi connectivity index (χ0v) is 17.3. The van der Waals surface area contributed by atoms with Crippen molar-refractivity contribution in [3.63, 3.8) is 0 Å². The van der Waals surface area contributed by atoms with E-state index >= 15 is 0 Å². The summed E-state index contributed by atoms with van der Waals surface area (Å²) in [5, 5.41) is 9.41. The van der Waals surface area contributed by atoms with E-state index in [0.717, 1.165) is 46.2 Å². The van der Waals surface area contributed by atoms with Crippen molar-refractivity contribution in [2.45, 2.75) is 27.7 Å². The predicted octanol–water partition coefficient (Wildman–Crippen LogP) is 5.02. The standard InChI is InChI=1S/C19H30N5S/c1-8-23(11-12-24(5,6)7)17-9-10-18(14(2)13-17)21-22-19-20-15(3)16(4)25-19/h9-10,13H,8,11-12H2,1-7H3/q+1. The largest absolute Gasteiger partial charge is 0.366 e. The molecule has 2 rings (SSSR count). The fourth-order valence-corrected chi connectivity index (χ4v) is 3.17. The van der Waals surface area contributed by atoms with E-state index in [1.165, 1.54) is 10.6 Å². The van der Waals surface area contributed by atoms with Gasteiger partial charge >= 0.3 is 0 Å². The zero-order valence-electron chi connectivity index (χ0n) is 16.5. The van der Waals surface area contributed by atoms with Crippen LogP contribution in [-0.2, 0) is 0 Å². The van der Waals surface area contributed by atoms with Crippen LogP contribution in [0.25, 0.3) is 0 Å². The summed E-state index contributed by atoms with van der Waals surface area (Å²) in [6.07, 6.45) is 0. The van der Waals surface area contributed by atoms with E-state index in [2.05, 4.69) is 80.2 Å². The molecule has 0 atom stereocenters. The van der Waals surface area contributed by atoms with Crippen molar-refractivity contribution in [1.82, 2.24) is 4.98 Å². The van der Waals surface area contributed by atoms with Crippen LogP contribution in [0.15, 0.2) is 28.4 Å². The number of anilines is 1. The SMILES string of the molecule is CCN(CC[N+](C)(C)C)c1ccc(N=Nc2nc(C)c(C)s2)c(C)c1. The fourth-order valence-electron chi connectivity index (χ4n) is 2.43. The quantitative estimate of drug-likeness (QED) is 0.514. The van der Waals surface area contributed by atoms with Gasteiger partial charge in [0.15, 0.2) is 0 Å². The summed E-state index contributed by atoms with van der Waals surface area (Å²) >= 11 is 1.58. The van der Waals surface area contributed by atoms with Crippen LogP contribution in [0.4, 0.5) is 16.5 Å². The Morgan fingerprint density at radius 3 is 2.36 bits per heavy atom. The zero-order chi connectivity index (χ0) is 18.6. The van der Waals surface area contributed by atoms with E-state index in [4.69, 9.17) is 0 Å². The Morgan fingerprint density at radius 2 is 1.84 bits per heavy atom. The summed E-state index contributed by atoms with van der Waals surface area (Å²) in [6, 6.07) is 6.39. The second-order valence-corrected chi connectivity index (χ2v) is 8.58. The highest BCUT2D eigenvalue weighted by molar-refractivity contribution is 7.15. The van der Waals surface area contributed by atoms with Crippen LogP contribution in [0.1, 0.15) is 23.1 Å². The first-order valence-electron chi connectivity index (χ1n) is 8.71. The molecule has 1 aromatic carbocycles. The minimum Gasteiger partial charge on any atom is -0.366 e. The highest BCUT2D eigenvalue weighted by Crippen LogP contribution is 2.29. The molecule has 0 aliphatic heterocycles. The van der Waals surface area contributed by atoms with E-state index in [1.54, 1.807) is 11.3 Å². The first-order chi connectivity index (χ1) is 11.7. The smallest absolute Gasteiger partial charge is 0.230 e. The lowest BCUT2D eigenvalue weighted by Crippen LogP contribution is -2.42. The van der Waals surface area contributed by atoms with Crippen LogP contribution in [0.2, 0.25) is 0 Å². The second-order valence-electron chi connectivity index (χ2n) is 7.40. The average molecular weight is 361 g/mol. The molecule has 2 aromatic rings. The summed E-state index contributed by atoms with van der Waals surface area (Å²) in [5.74, 6) is 0. The number of azo groups is 1. The Kier molecular flexibility index (Phi) is 6.30. The Hall–Kier alpha value is -1.79. The molecule has 0 fully saturated rings. The normalized spacial score (nSPS) is 12.1. The maximum atomic E-state index is 4.41. The van der Waals surface area contributed by atoms with Gasteiger partial charge in [-0.3, -0.25) is 0 Å². The Balaban J connectivity index is 2.13. The molecule has 0 saturated heterocycles. The molecule has 1 aromatic heterocycles. The monoisotopic (exact) mass is 360 g/mol. The van der Waals surface area contributed by atoms with E-state index in [9.17, 15) is 0 Å². The van der Waals surface area contributed by atoms with E-state index < -0.39 is 0 Å². The average Bonchev–Trinajstić information content (AvgIpc) is 2.84. The minimum absolute atomic E-state index is 0.719. The summed E-state index contributed by atoms with van der Waals surface area (Å²) in [5.41, 5.74) is 4.31. The molecule has 0 N–H and O–H groups in total. The molecule has 0 aliphatic carbocycles. The lowest BCUT2D eigenvalue weighted by atomic mass is 10.1. The number of hydrogen-bond acceptors (Lipinski definition) is 5. The Bertz CT molecular complexity index is 723. The van der Waals surface area contributed by atoms with Gasteiger partial charge in [0, 0.05) is 17.1 Å². The van der Waals surface area contributed by atoms with Crippen molar-refractivity contribution < 1.29 is 4.48 Å². The number of aromatic nitrogens is 1. The van der Waals surface area contributed by atoms with Crippen molar-refractivity contribution >= 4 is 27.8 Å². The van der Waals surface area contributed by atoms with Crippen molar-refractivity contribution in [3.8, 4) is 0 Å². The number of likely N-dealkylation sites (N-methyl/N-ethyl adjacent to an activating group) is 2. The van der Waals surface area contributed by atoms with Gasteiger partial charge in [-0.1, -0.05) is 11.3 Å². The van der Waals surface area contributed by atoms with Gasteiger partial charge in [0.05, 0.1) is 45.6 Å². The van der Waals surface area contributed by atoms with Crippen LogP contribution in [0.5, 0.6) is 0 Å². The molecule has 0 saturated carbocycles. The van der Waals surface area contributed by atoms with E-state index in [1.807, 2.05) is 6.92 Å². The van der Waals surface area contributed by atoms with Gasteiger partial charge in [-0.2, -0.15) is 0 Å². The first-order valence-corrected chi connectivity index (χ1v) is 9.53. The molecule has 0 bridgehead atoms. The van der Waals surface area contributed by atoms with Crippen molar-refractivity contribution in [2.24, 2.45) is 10.2 Å². The van der Waals surface area contributed by atoms with Crippen LogP contribution >= 0.6 is 11.3 Å². The first kappa shape index (κ1) is 19.5. The molecule has 0 spiro atoms. The molecular weight excluding hydrogens is 330 g/mol. The predicted molar refractivity (Wildman–Crippen MR) is 108 cm³/mol. The molecule has 0 aliphatic rings. The van der Waals surface area contributed by atoms with Gasteiger partial charge in [0.1, 0.15) is 0 Å². The lowest BCUT2D eigenvalue weighted by molar-refractivity contribution is -0.868. The molecule has 0 radical (unpaired) electrons. The highest BCUT2D eigenvalue weighted by Gasteiger charge is 2.12. The number of nitrogens with zero attached hydrogens (tertiary/aromatic N) is 5. The van der Waals surface area contributed by atoms with Gasteiger partial charge in [0.25, 0.3) is 0 Å². The molecule has 1 heterocycles. The van der Waals surface area contributed by atoms with Crippen LogP contribution in [-0.4, -0.2) is 50.2 Å². The molecule has 5 nitrogen and oxygen atoms in total. The molecule has 0 unspecified atom stereocenters. The third kappa shape index (κ3) is 5.61. The van der Waals surface area contributed by atoms with E-state index in [-0.39, 0.29) is 0 Å². The lowest BCUT2D eigenvalue weighted by Gasteiger charge is -2.29. The molecule has 25 heavy (non-hydrogen) atoms. The van der Waals surface area contributed by atoms with Crippen LogP contribution in [0.3, 0.4) is 0 Å². The molecular formula is C19H30N5S+. The number of rotatable bonds is 7. The van der Waals surface area contributed by atoms with Gasteiger partial charge in [-0.25, -0.2) is 4.98 Å². The summed E-state index contributed by atoms with van der Waals surface area (Å²) in [7, 11) is 6.68. The van der Waals surface area contributed by atoms with Gasteiger partial charge < -0.3 is 9.38 Å². The third-order valence-corrected chi connectivity index (χ3v) is 5.19. The van der Waals surface area contributed by atoms with Crippen LogP contribution in [0, 0.1) is 20.8 Å². The molecule has 0 amide bonds. The number of thiazole rings is 1. The van der Waals surface area contributed by atoms with E-state index in [0.29, 0.717) is 0 Å². The molecule has 6 heteroatoms. The maximum absolute atomic E-state index is 4.41. The van der Waals surface area contributed by atoms with Crippen molar-refractivity contribution in [3.05, 3.63) is 34.3 Å². The highest BCUT2D eigenvalue weighted by atomic mass is 32.1. The minimum atomic E-state index is 0.719. The number of quaternary nitrogens is 1. The molecule has 136 valence electrons. The van der Waals surface area contributed by atoms with Crippen LogP contribution < -0.4 is 4.90 Å². The van der Waals surface area contributed by atoms with Gasteiger partial charge in [-0.15, -0.1) is 10.2 Å². The number of hydrogen-bond donors (Lipinski definition) is 0. The van der Waals surface area contributed by atoms with Gasteiger partial charge in [0.2, 0.25) is 5.13 Å². The number of benzene rings is 1. The summed E-state index contributed by atoms with van der Waals surface area (Å²) in [4.78, 5) is 8.01. The third-order valence-electron chi connectivity index (χ3n) is 4.23. The topological polar surface area (TPSA) is 40.9 Å². The summed E-state index contributed by atoms with van der Waals surface area (Å²) in [6.45, 7) is 11.5. The van der Waals surface area contributed by atoms with Crippen molar-refractivity contribution in [1.29, 1.82) is 0 Å². The Morgan fingerprint density at radius 1 is 1.12 bits per heavy atom. The second kappa shape index (κ2) is 8.06. The number of aryl methyl sites for hydroxylation is 3. The summed E-state index contributed by atoms with van der Waals surface area (Å²) < 4.78 is 0.967. The fraction of sp³-hybridized carbons (Fsp3) is 0.526. The van der Waals surface area contributed by atoms with Crippen molar-refractivity contribution in [2.75, 3.05) is 45.7 Å². The maximum Gasteiger partial charge on any atom is 0.230 e.